The Morgan fingerprint density at radius 3 is 2.94 bits per heavy atom. The second kappa shape index (κ2) is 6.02. The second-order valence-electron chi connectivity index (χ2n) is 3.34. The van der Waals surface area contributed by atoms with Gasteiger partial charge in [-0.1, -0.05) is 17.8 Å². The number of aromatic nitrogens is 2. The molecule has 3 nitrogen and oxygen atoms in total. The van der Waals surface area contributed by atoms with Crippen molar-refractivity contribution < 1.29 is 0 Å². The Morgan fingerprint density at radius 2 is 2.18 bits per heavy atom. The first-order valence-corrected chi connectivity index (χ1v) is 6.94. The summed E-state index contributed by atoms with van der Waals surface area (Å²) in [4.78, 5) is 8.77. The standard InChI is InChI=1S/C12H12BrN3S/c1-14-11-6-2-4-9(16-11)8-17-12-10(13)5-3-7-15-12/h2-7H,8H2,1H3,(H,14,16). The van der Waals surface area contributed by atoms with Crippen molar-refractivity contribution in [2.45, 2.75) is 10.8 Å². The fraction of sp³-hybridized carbons (Fsp3) is 0.167. The lowest BCUT2D eigenvalue weighted by Crippen LogP contribution is -1.95. The van der Waals surface area contributed by atoms with Gasteiger partial charge >= 0.3 is 0 Å². The van der Waals surface area contributed by atoms with Gasteiger partial charge in [0.1, 0.15) is 10.8 Å². The van der Waals surface area contributed by atoms with E-state index in [1.165, 1.54) is 0 Å². The van der Waals surface area contributed by atoms with Crippen molar-refractivity contribution in [2.75, 3.05) is 12.4 Å². The summed E-state index contributed by atoms with van der Waals surface area (Å²) in [6.45, 7) is 0. The smallest absolute Gasteiger partial charge is 0.125 e. The van der Waals surface area contributed by atoms with E-state index in [0.717, 1.165) is 26.8 Å². The Kier molecular flexibility index (Phi) is 4.39. The van der Waals surface area contributed by atoms with Gasteiger partial charge in [-0.2, -0.15) is 0 Å². The molecule has 0 saturated heterocycles. The molecule has 17 heavy (non-hydrogen) atoms. The summed E-state index contributed by atoms with van der Waals surface area (Å²) in [6, 6.07) is 9.87. The Morgan fingerprint density at radius 1 is 1.29 bits per heavy atom. The molecule has 0 radical (unpaired) electrons. The second-order valence-corrected chi connectivity index (χ2v) is 5.16. The molecule has 1 N–H and O–H groups in total. The summed E-state index contributed by atoms with van der Waals surface area (Å²) < 4.78 is 1.02. The minimum atomic E-state index is 0.811. The molecule has 0 spiro atoms. The molecule has 0 aliphatic carbocycles. The fourth-order valence-corrected chi connectivity index (χ4v) is 2.70. The zero-order valence-corrected chi connectivity index (χ0v) is 11.8. The van der Waals surface area contributed by atoms with Crippen LogP contribution in [0.5, 0.6) is 0 Å². The van der Waals surface area contributed by atoms with Crippen LogP contribution >= 0.6 is 27.7 Å². The van der Waals surface area contributed by atoms with Crippen LogP contribution in [0.25, 0.3) is 0 Å². The van der Waals surface area contributed by atoms with Crippen molar-refractivity contribution in [3.63, 3.8) is 0 Å². The summed E-state index contributed by atoms with van der Waals surface area (Å²) in [5, 5.41) is 4.02. The van der Waals surface area contributed by atoms with E-state index in [1.54, 1.807) is 18.0 Å². The van der Waals surface area contributed by atoms with Crippen molar-refractivity contribution in [1.82, 2.24) is 9.97 Å². The molecule has 2 rings (SSSR count). The number of halogens is 1. The monoisotopic (exact) mass is 309 g/mol. The van der Waals surface area contributed by atoms with Crippen LogP contribution in [0.2, 0.25) is 0 Å². The lowest BCUT2D eigenvalue weighted by Gasteiger charge is -2.04. The molecule has 5 heteroatoms. The van der Waals surface area contributed by atoms with Gasteiger partial charge in [0.2, 0.25) is 0 Å². The van der Waals surface area contributed by atoms with E-state index in [4.69, 9.17) is 0 Å². The number of nitrogens with one attached hydrogen (secondary N) is 1. The number of nitrogens with zero attached hydrogens (tertiary/aromatic N) is 2. The van der Waals surface area contributed by atoms with E-state index in [2.05, 4.69) is 31.2 Å². The van der Waals surface area contributed by atoms with Crippen molar-refractivity contribution in [1.29, 1.82) is 0 Å². The molecule has 0 aliphatic rings. The van der Waals surface area contributed by atoms with Crippen LogP contribution < -0.4 is 5.32 Å². The summed E-state index contributed by atoms with van der Waals surface area (Å²) in [6.07, 6.45) is 1.80. The highest BCUT2D eigenvalue weighted by molar-refractivity contribution is 9.10. The molecule has 0 bridgehead atoms. The summed E-state index contributed by atoms with van der Waals surface area (Å²) >= 11 is 5.15. The van der Waals surface area contributed by atoms with Gasteiger partial charge in [0.05, 0.1) is 5.69 Å². The Hall–Kier alpha value is -1.07. The topological polar surface area (TPSA) is 37.8 Å². The maximum atomic E-state index is 4.46. The predicted octanol–water partition coefficient (Wildman–Crippen LogP) is 3.57. The zero-order chi connectivity index (χ0) is 12.1. The summed E-state index contributed by atoms with van der Waals surface area (Å²) in [5.74, 6) is 1.70. The first kappa shape index (κ1) is 12.4. The largest absolute Gasteiger partial charge is 0.373 e. The van der Waals surface area contributed by atoms with Crippen LogP contribution in [0, 0.1) is 0 Å². The third-order valence-corrected chi connectivity index (χ3v) is 4.09. The number of anilines is 1. The van der Waals surface area contributed by atoms with E-state index in [-0.39, 0.29) is 0 Å². The number of pyridine rings is 2. The van der Waals surface area contributed by atoms with Gasteiger partial charge in [-0.05, 0) is 40.2 Å². The lowest BCUT2D eigenvalue weighted by molar-refractivity contribution is 1.10. The first-order valence-electron chi connectivity index (χ1n) is 5.16. The SMILES string of the molecule is CNc1cccc(CSc2ncccc2Br)n1. The molecule has 0 fully saturated rings. The minimum absolute atomic E-state index is 0.811. The van der Waals surface area contributed by atoms with Gasteiger partial charge in [0.25, 0.3) is 0 Å². The molecule has 0 amide bonds. The highest BCUT2D eigenvalue weighted by Crippen LogP contribution is 2.27. The van der Waals surface area contributed by atoms with Crippen molar-refractivity contribution in [2.24, 2.45) is 0 Å². The normalized spacial score (nSPS) is 10.2. The van der Waals surface area contributed by atoms with Crippen LogP contribution in [-0.2, 0) is 5.75 Å². The average Bonchev–Trinajstić information content (AvgIpc) is 2.38. The third-order valence-electron chi connectivity index (χ3n) is 2.14. The minimum Gasteiger partial charge on any atom is -0.373 e. The van der Waals surface area contributed by atoms with Gasteiger partial charge in [-0.3, -0.25) is 0 Å². The predicted molar refractivity (Wildman–Crippen MR) is 75.3 cm³/mol. The first-order chi connectivity index (χ1) is 8.29. The van der Waals surface area contributed by atoms with Crippen molar-refractivity contribution >= 4 is 33.5 Å². The van der Waals surface area contributed by atoms with E-state index in [0.29, 0.717) is 0 Å². The summed E-state index contributed by atoms with van der Waals surface area (Å²) in [7, 11) is 1.87. The molecule has 2 aromatic heterocycles. The Balaban J connectivity index is 2.05. The Bertz CT molecular complexity index is 505. The zero-order valence-electron chi connectivity index (χ0n) is 9.35. The number of thioether (sulfide) groups is 1. The molecule has 2 aromatic rings. The average molecular weight is 310 g/mol. The third kappa shape index (κ3) is 3.44. The van der Waals surface area contributed by atoms with Crippen LogP contribution in [-0.4, -0.2) is 17.0 Å². The van der Waals surface area contributed by atoms with E-state index in [1.807, 2.05) is 37.4 Å². The number of rotatable bonds is 4. The molecule has 88 valence electrons. The molecular weight excluding hydrogens is 298 g/mol. The van der Waals surface area contributed by atoms with Crippen LogP contribution in [0.4, 0.5) is 5.82 Å². The van der Waals surface area contributed by atoms with E-state index in [9.17, 15) is 0 Å². The van der Waals surface area contributed by atoms with Gasteiger partial charge in [0, 0.05) is 23.5 Å². The van der Waals surface area contributed by atoms with Crippen LogP contribution in [0.15, 0.2) is 46.0 Å². The molecule has 0 aromatic carbocycles. The lowest BCUT2D eigenvalue weighted by atomic mass is 10.4. The molecule has 0 atom stereocenters. The molecule has 0 aliphatic heterocycles. The summed E-state index contributed by atoms with van der Waals surface area (Å²) in [5.41, 5.74) is 1.04. The maximum absolute atomic E-state index is 4.46. The van der Waals surface area contributed by atoms with Gasteiger partial charge < -0.3 is 5.32 Å². The van der Waals surface area contributed by atoms with E-state index >= 15 is 0 Å². The molecule has 0 saturated carbocycles. The highest BCUT2D eigenvalue weighted by atomic mass is 79.9. The number of hydrogen-bond donors (Lipinski definition) is 1. The van der Waals surface area contributed by atoms with Gasteiger partial charge in [0.15, 0.2) is 0 Å². The quantitative estimate of drug-likeness (QED) is 0.876. The Labute approximate surface area is 113 Å². The maximum Gasteiger partial charge on any atom is 0.125 e. The van der Waals surface area contributed by atoms with Crippen LogP contribution in [0.1, 0.15) is 5.69 Å². The van der Waals surface area contributed by atoms with Crippen molar-refractivity contribution in [3.8, 4) is 0 Å². The molecule has 0 unspecified atom stereocenters. The number of hydrogen-bond acceptors (Lipinski definition) is 4. The van der Waals surface area contributed by atoms with Gasteiger partial charge in [-0.25, -0.2) is 9.97 Å². The molecule has 2 heterocycles. The van der Waals surface area contributed by atoms with Gasteiger partial charge in [-0.15, -0.1) is 0 Å². The van der Waals surface area contributed by atoms with E-state index < -0.39 is 0 Å². The highest BCUT2D eigenvalue weighted by Gasteiger charge is 2.03. The molecular formula is C12H12BrN3S. The van der Waals surface area contributed by atoms with Crippen LogP contribution in [0.3, 0.4) is 0 Å². The fourth-order valence-electron chi connectivity index (χ4n) is 1.32. The van der Waals surface area contributed by atoms with Crippen molar-refractivity contribution in [3.05, 3.63) is 46.7 Å².